The van der Waals surface area contributed by atoms with Crippen LogP contribution in [-0.4, -0.2) is 18.0 Å². The average molecular weight is 434 g/mol. The van der Waals surface area contributed by atoms with Crippen LogP contribution in [0.5, 0.6) is 0 Å². The highest BCUT2D eigenvalue weighted by molar-refractivity contribution is 7.92. The second-order valence-electron chi connectivity index (χ2n) is 7.84. The van der Waals surface area contributed by atoms with Gasteiger partial charge in [-0.3, -0.25) is 4.72 Å². The van der Waals surface area contributed by atoms with Gasteiger partial charge >= 0.3 is 0 Å². The number of anilines is 1. The summed E-state index contributed by atoms with van der Waals surface area (Å²) in [5.74, 6) is 1.05. The zero-order valence-corrected chi connectivity index (χ0v) is 18.9. The van der Waals surface area contributed by atoms with Crippen LogP contribution in [0.25, 0.3) is 11.0 Å². The maximum Gasteiger partial charge on any atom is 0.262 e. The van der Waals surface area contributed by atoms with E-state index in [2.05, 4.69) is 22.3 Å². The van der Waals surface area contributed by atoms with Gasteiger partial charge in [0.2, 0.25) is 0 Å². The van der Waals surface area contributed by atoms with Crippen LogP contribution in [-0.2, 0) is 29.4 Å². The van der Waals surface area contributed by atoms with Crippen molar-refractivity contribution in [1.29, 1.82) is 0 Å². The van der Waals surface area contributed by atoms with Gasteiger partial charge in [-0.2, -0.15) is 0 Å². The number of imidazole rings is 1. The molecule has 0 bridgehead atoms. The third-order valence-corrected chi connectivity index (χ3v) is 7.03. The van der Waals surface area contributed by atoms with Crippen LogP contribution >= 0.6 is 0 Å². The molecule has 5 nitrogen and oxygen atoms in total. The zero-order valence-electron chi connectivity index (χ0n) is 18.1. The molecule has 1 aromatic heterocycles. The number of nitrogens with zero attached hydrogens (tertiary/aromatic N) is 2. The summed E-state index contributed by atoms with van der Waals surface area (Å²) >= 11 is 0. The van der Waals surface area contributed by atoms with E-state index in [1.165, 1.54) is 0 Å². The standard InChI is InChI=1S/C25H27N3O2S/c1-4-28-23-11-6-5-10-22(23)26-25(28)15-13-20-8-7-9-21(17-20)27-31(29,30)24-14-12-18(2)16-19(24)3/h5-12,14,16-17,27H,4,13,15H2,1-3H3. The van der Waals surface area contributed by atoms with Crippen molar-refractivity contribution in [2.24, 2.45) is 0 Å². The molecule has 1 N–H and O–H groups in total. The Balaban J connectivity index is 1.53. The molecule has 0 aliphatic carbocycles. The van der Waals surface area contributed by atoms with Crippen LogP contribution in [0.3, 0.4) is 0 Å². The van der Waals surface area contributed by atoms with E-state index in [1.807, 2.05) is 62.4 Å². The molecule has 4 rings (SSSR count). The number of para-hydroxylation sites is 2. The minimum Gasteiger partial charge on any atom is -0.328 e. The number of rotatable bonds is 7. The molecule has 1 heterocycles. The lowest BCUT2D eigenvalue weighted by Crippen LogP contribution is -2.14. The van der Waals surface area contributed by atoms with Crippen LogP contribution in [0, 0.1) is 13.8 Å². The molecule has 0 aliphatic heterocycles. The zero-order chi connectivity index (χ0) is 22.0. The van der Waals surface area contributed by atoms with Gasteiger partial charge in [0.15, 0.2) is 0 Å². The van der Waals surface area contributed by atoms with E-state index in [9.17, 15) is 8.42 Å². The van der Waals surface area contributed by atoms with E-state index in [1.54, 1.807) is 12.1 Å². The highest BCUT2D eigenvalue weighted by atomic mass is 32.2. The Morgan fingerprint density at radius 1 is 0.935 bits per heavy atom. The van der Waals surface area contributed by atoms with E-state index in [-0.39, 0.29) is 0 Å². The molecule has 0 aliphatic rings. The Morgan fingerprint density at radius 3 is 2.52 bits per heavy atom. The first-order valence-electron chi connectivity index (χ1n) is 10.5. The molecule has 160 valence electrons. The van der Waals surface area contributed by atoms with Crippen molar-refractivity contribution in [1.82, 2.24) is 9.55 Å². The summed E-state index contributed by atoms with van der Waals surface area (Å²) in [6.07, 6.45) is 1.57. The number of aromatic nitrogens is 2. The van der Waals surface area contributed by atoms with E-state index in [0.717, 1.165) is 52.9 Å². The minimum absolute atomic E-state index is 0.306. The fraction of sp³-hybridized carbons (Fsp3) is 0.240. The highest BCUT2D eigenvalue weighted by Crippen LogP contribution is 2.22. The van der Waals surface area contributed by atoms with Crippen molar-refractivity contribution < 1.29 is 8.42 Å². The largest absolute Gasteiger partial charge is 0.328 e. The molecule has 0 saturated heterocycles. The minimum atomic E-state index is -3.64. The SMILES string of the molecule is CCn1c(CCc2cccc(NS(=O)(=O)c3ccc(C)cc3C)c2)nc2ccccc21. The van der Waals surface area contributed by atoms with Crippen molar-refractivity contribution in [2.45, 2.75) is 45.1 Å². The topological polar surface area (TPSA) is 64.0 Å². The second kappa shape index (κ2) is 8.55. The van der Waals surface area contributed by atoms with Gasteiger partial charge in [-0.05, 0) is 68.7 Å². The fourth-order valence-electron chi connectivity index (χ4n) is 4.03. The van der Waals surface area contributed by atoms with Gasteiger partial charge in [-0.25, -0.2) is 13.4 Å². The monoisotopic (exact) mass is 433 g/mol. The van der Waals surface area contributed by atoms with Gasteiger partial charge in [0, 0.05) is 18.7 Å². The maximum absolute atomic E-state index is 12.9. The normalized spacial score (nSPS) is 11.7. The molecule has 0 unspecified atom stereocenters. The Kier molecular flexibility index (Phi) is 5.83. The van der Waals surface area contributed by atoms with Crippen LogP contribution in [0.15, 0.2) is 71.6 Å². The van der Waals surface area contributed by atoms with Gasteiger partial charge in [0.1, 0.15) is 5.82 Å². The summed E-state index contributed by atoms with van der Waals surface area (Å²) < 4.78 is 30.7. The molecular weight excluding hydrogens is 406 g/mol. The molecule has 0 saturated carbocycles. The number of hydrogen-bond donors (Lipinski definition) is 1. The van der Waals surface area contributed by atoms with Crippen molar-refractivity contribution in [3.63, 3.8) is 0 Å². The third-order valence-electron chi connectivity index (χ3n) is 5.49. The number of aryl methyl sites for hydroxylation is 5. The molecule has 0 spiro atoms. The van der Waals surface area contributed by atoms with Crippen LogP contribution in [0.1, 0.15) is 29.4 Å². The molecule has 31 heavy (non-hydrogen) atoms. The summed E-state index contributed by atoms with van der Waals surface area (Å²) in [4.78, 5) is 5.09. The average Bonchev–Trinajstić information content (AvgIpc) is 3.09. The first-order chi connectivity index (χ1) is 14.9. The molecule has 0 radical (unpaired) electrons. The van der Waals surface area contributed by atoms with Gasteiger partial charge in [0.25, 0.3) is 10.0 Å². The van der Waals surface area contributed by atoms with E-state index in [4.69, 9.17) is 4.98 Å². The molecule has 0 fully saturated rings. The lowest BCUT2D eigenvalue weighted by atomic mass is 10.1. The van der Waals surface area contributed by atoms with Crippen molar-refractivity contribution in [3.05, 3.63) is 89.2 Å². The summed E-state index contributed by atoms with van der Waals surface area (Å²) in [5, 5.41) is 0. The lowest BCUT2D eigenvalue weighted by Gasteiger charge is -2.12. The number of hydrogen-bond acceptors (Lipinski definition) is 3. The van der Waals surface area contributed by atoms with Gasteiger partial charge in [0.05, 0.1) is 15.9 Å². The quantitative estimate of drug-likeness (QED) is 0.432. The number of nitrogens with one attached hydrogen (secondary N) is 1. The molecule has 4 aromatic rings. The number of sulfonamides is 1. The maximum atomic E-state index is 12.9. The van der Waals surface area contributed by atoms with Crippen LogP contribution in [0.4, 0.5) is 5.69 Å². The van der Waals surface area contributed by atoms with E-state index < -0.39 is 10.0 Å². The first kappa shape index (κ1) is 21.1. The van der Waals surface area contributed by atoms with Gasteiger partial charge < -0.3 is 4.57 Å². The molecule has 6 heteroatoms. The molecule has 3 aromatic carbocycles. The first-order valence-corrected chi connectivity index (χ1v) is 12.0. The number of benzene rings is 3. The Morgan fingerprint density at radius 2 is 1.74 bits per heavy atom. The smallest absolute Gasteiger partial charge is 0.262 e. The molecule has 0 atom stereocenters. The van der Waals surface area contributed by atoms with Crippen LogP contribution < -0.4 is 4.72 Å². The van der Waals surface area contributed by atoms with Crippen molar-refractivity contribution in [2.75, 3.05) is 4.72 Å². The highest BCUT2D eigenvalue weighted by Gasteiger charge is 2.17. The summed E-state index contributed by atoms with van der Waals surface area (Å²) in [7, 11) is -3.64. The summed E-state index contributed by atoms with van der Waals surface area (Å²) in [6, 6.07) is 21.1. The summed E-state index contributed by atoms with van der Waals surface area (Å²) in [5.41, 5.74) is 5.57. The Bertz CT molecular complexity index is 1340. The molecule has 0 amide bonds. The Hall–Kier alpha value is -3.12. The lowest BCUT2D eigenvalue weighted by molar-refractivity contribution is 0.600. The molecular formula is C25H27N3O2S. The third kappa shape index (κ3) is 4.49. The second-order valence-corrected chi connectivity index (χ2v) is 9.49. The predicted octanol–water partition coefficient (Wildman–Crippen LogP) is 5.26. The van der Waals surface area contributed by atoms with Gasteiger partial charge in [-0.1, -0.05) is 42.0 Å². The number of fused-ring (bicyclic) bond motifs is 1. The fourth-order valence-corrected chi connectivity index (χ4v) is 5.30. The van der Waals surface area contributed by atoms with E-state index in [0.29, 0.717) is 10.6 Å². The Labute approximate surface area is 183 Å². The van der Waals surface area contributed by atoms with Crippen molar-refractivity contribution in [3.8, 4) is 0 Å². The van der Waals surface area contributed by atoms with E-state index >= 15 is 0 Å². The van der Waals surface area contributed by atoms with Crippen LogP contribution in [0.2, 0.25) is 0 Å². The predicted molar refractivity (Wildman–Crippen MR) is 126 cm³/mol. The summed E-state index contributed by atoms with van der Waals surface area (Å²) in [6.45, 7) is 6.76. The van der Waals surface area contributed by atoms with Gasteiger partial charge in [-0.15, -0.1) is 0 Å². The van der Waals surface area contributed by atoms with Crippen molar-refractivity contribution >= 4 is 26.7 Å².